The number of anilines is 1. The van der Waals surface area contributed by atoms with Crippen molar-refractivity contribution in [2.24, 2.45) is 4.99 Å². The van der Waals surface area contributed by atoms with Crippen LogP contribution in [0.15, 0.2) is 65.9 Å². The van der Waals surface area contributed by atoms with E-state index in [4.69, 9.17) is 20.6 Å². The predicted molar refractivity (Wildman–Crippen MR) is 166 cm³/mol. The number of amides is 1. The van der Waals surface area contributed by atoms with Crippen LogP contribution in [0.3, 0.4) is 0 Å². The number of amidine groups is 1. The Labute approximate surface area is 268 Å². The summed E-state index contributed by atoms with van der Waals surface area (Å²) >= 11 is 1.42. The minimum absolute atomic E-state index is 0.0105. The summed E-state index contributed by atoms with van der Waals surface area (Å²) < 4.78 is 77.8. The van der Waals surface area contributed by atoms with Crippen molar-refractivity contribution in [1.82, 2.24) is 24.6 Å². The number of rotatable bonds is 6. The number of aliphatic imine (C=N–C) groups is 1. The van der Waals surface area contributed by atoms with E-state index in [0.29, 0.717) is 47.6 Å². The number of hydrogen-bond donors (Lipinski definition) is 1. The number of ether oxygens (including phenoxy) is 1. The first-order chi connectivity index (χ1) is 22.7. The molecule has 2 N–H and O–H groups in total. The van der Waals surface area contributed by atoms with Gasteiger partial charge in [0.25, 0.3) is 0 Å². The van der Waals surface area contributed by atoms with Gasteiger partial charge in [0, 0.05) is 23.7 Å². The smallest absolute Gasteiger partial charge is 0.239 e. The normalized spacial score (nSPS) is 19.2. The summed E-state index contributed by atoms with van der Waals surface area (Å²) in [5, 5.41) is 5.68. The van der Waals surface area contributed by atoms with E-state index < -0.39 is 40.6 Å². The number of aromatic nitrogens is 4. The predicted octanol–water partition coefficient (Wildman–Crippen LogP) is 7.31. The van der Waals surface area contributed by atoms with Crippen molar-refractivity contribution in [3.8, 4) is 22.8 Å². The van der Waals surface area contributed by atoms with Gasteiger partial charge in [0.15, 0.2) is 22.4 Å². The first-order valence-electron chi connectivity index (χ1n) is 14.6. The van der Waals surface area contributed by atoms with Gasteiger partial charge >= 0.3 is 0 Å². The Balaban J connectivity index is 1.16. The van der Waals surface area contributed by atoms with Crippen molar-refractivity contribution in [2.45, 2.75) is 37.8 Å². The summed E-state index contributed by atoms with van der Waals surface area (Å²) in [6, 6.07) is 12.5. The van der Waals surface area contributed by atoms with Crippen LogP contribution in [0.1, 0.15) is 31.7 Å². The number of hydrogen-bond acceptors (Lipinski definition) is 8. The highest BCUT2D eigenvalue weighted by atomic mass is 32.2. The zero-order valence-corrected chi connectivity index (χ0v) is 25.2. The van der Waals surface area contributed by atoms with Crippen LogP contribution in [0.4, 0.5) is 33.5 Å². The number of carbonyl (C=O) groups excluding carboxylic acids is 1. The lowest BCUT2D eigenvalue weighted by Crippen LogP contribution is -2.42. The Morgan fingerprint density at radius 1 is 0.872 bits per heavy atom. The van der Waals surface area contributed by atoms with Gasteiger partial charge in [0.2, 0.25) is 23.3 Å². The second-order valence-corrected chi connectivity index (χ2v) is 12.0. The molecular weight excluding hydrogens is 641 g/mol. The second kappa shape index (κ2) is 12.3. The van der Waals surface area contributed by atoms with Crippen LogP contribution >= 0.6 is 11.8 Å². The third kappa shape index (κ3) is 5.64. The van der Waals surface area contributed by atoms with Gasteiger partial charge in [-0.3, -0.25) is 9.69 Å². The first kappa shape index (κ1) is 30.6. The summed E-state index contributed by atoms with van der Waals surface area (Å²) in [6.07, 6.45) is 3.88. The molecule has 0 unspecified atom stereocenters. The number of halogens is 5. The molecule has 15 heteroatoms. The molecule has 2 fully saturated rings. The molecule has 0 bridgehead atoms. The van der Waals surface area contributed by atoms with Crippen molar-refractivity contribution in [2.75, 3.05) is 11.5 Å². The van der Waals surface area contributed by atoms with Crippen molar-refractivity contribution in [3.05, 3.63) is 90.0 Å². The van der Waals surface area contributed by atoms with Crippen molar-refractivity contribution in [1.29, 1.82) is 0 Å². The molecule has 0 radical (unpaired) electrons. The molecule has 3 aromatic carbocycles. The summed E-state index contributed by atoms with van der Waals surface area (Å²) in [6.45, 7) is 0. The Hall–Kier alpha value is -5.05. The molecular formula is C32H24F5N7O2S. The van der Waals surface area contributed by atoms with Crippen LogP contribution in [0.2, 0.25) is 0 Å². The van der Waals surface area contributed by atoms with Gasteiger partial charge in [-0.1, -0.05) is 30.0 Å². The molecule has 3 heterocycles. The number of para-hydroxylation sites is 1. The highest BCUT2D eigenvalue weighted by molar-refractivity contribution is 8.15. The Morgan fingerprint density at radius 2 is 1.57 bits per heavy atom. The molecule has 1 aliphatic heterocycles. The number of benzene rings is 3. The molecule has 0 atom stereocenters. The Bertz CT molecular complexity index is 2030. The molecule has 47 heavy (non-hydrogen) atoms. The third-order valence-electron chi connectivity index (χ3n) is 8.16. The van der Waals surface area contributed by atoms with Crippen molar-refractivity contribution in [3.63, 3.8) is 0 Å². The average Bonchev–Trinajstić information content (AvgIpc) is 3.63. The number of nitrogens with zero attached hydrogens (tertiary/aromatic N) is 6. The molecule has 1 saturated carbocycles. The van der Waals surface area contributed by atoms with Gasteiger partial charge in [0.1, 0.15) is 29.4 Å². The molecule has 240 valence electrons. The maximum absolute atomic E-state index is 15.6. The van der Waals surface area contributed by atoms with Gasteiger partial charge < -0.3 is 10.5 Å². The topological polar surface area (TPSA) is 112 Å². The number of thioether (sulfide) groups is 1. The van der Waals surface area contributed by atoms with Crippen LogP contribution in [-0.4, -0.2) is 47.5 Å². The third-order valence-corrected chi connectivity index (χ3v) is 9.10. The summed E-state index contributed by atoms with van der Waals surface area (Å²) in [7, 11) is 0. The molecule has 9 nitrogen and oxygen atoms in total. The van der Waals surface area contributed by atoms with E-state index in [2.05, 4.69) is 9.97 Å². The maximum atomic E-state index is 15.6. The van der Waals surface area contributed by atoms with Gasteiger partial charge in [-0.25, -0.2) is 32.8 Å². The monoisotopic (exact) mass is 665 g/mol. The molecule has 2 aliphatic rings. The zero-order valence-electron chi connectivity index (χ0n) is 24.3. The van der Waals surface area contributed by atoms with Crippen LogP contribution < -0.4 is 10.5 Å². The lowest BCUT2D eigenvalue weighted by molar-refractivity contribution is -0.126. The van der Waals surface area contributed by atoms with Crippen molar-refractivity contribution >= 4 is 45.4 Å². The highest BCUT2D eigenvalue weighted by Gasteiger charge is 2.37. The maximum Gasteiger partial charge on any atom is 0.239 e. The summed E-state index contributed by atoms with van der Waals surface area (Å²) in [5.74, 6) is -9.11. The number of nitrogens with two attached hydrogens (primary N) is 1. The van der Waals surface area contributed by atoms with Crippen LogP contribution in [-0.2, 0) is 4.79 Å². The van der Waals surface area contributed by atoms with E-state index in [1.807, 2.05) is 30.3 Å². The van der Waals surface area contributed by atoms with Crippen LogP contribution in [0, 0.1) is 29.1 Å². The molecule has 7 rings (SSSR count). The van der Waals surface area contributed by atoms with E-state index in [1.54, 1.807) is 9.58 Å². The fourth-order valence-corrected chi connectivity index (χ4v) is 6.89. The quantitative estimate of drug-likeness (QED) is 0.150. The van der Waals surface area contributed by atoms with Gasteiger partial charge in [-0.2, -0.15) is 13.9 Å². The highest BCUT2D eigenvalue weighted by Crippen LogP contribution is 2.40. The molecule has 1 amide bonds. The largest absolute Gasteiger partial charge is 0.451 e. The number of carbonyl (C=O) groups is 1. The molecule has 1 aliphatic carbocycles. The molecule has 1 saturated heterocycles. The minimum Gasteiger partial charge on any atom is -0.451 e. The standard InChI is InChI=1S/C32H24F5N7O2S/c33-21-12-19(46-29-26(36)22(34)13-23(35)27(29)37)10-11-20(21)28-25-30(38)39-15-40-31(25)44(42-28)18-8-6-17(7-9-18)43-24(45)14-47-32(43)41-16-4-2-1-3-5-16/h1-5,10-13,15,17-18H,6-9,14H2,(H2,38,39,40)/b41-32-. The van der Waals surface area contributed by atoms with E-state index in [1.165, 1.54) is 30.2 Å². The summed E-state index contributed by atoms with van der Waals surface area (Å²) in [5.41, 5.74) is 7.46. The van der Waals surface area contributed by atoms with E-state index in [0.717, 1.165) is 11.8 Å². The van der Waals surface area contributed by atoms with E-state index >= 15 is 4.39 Å². The zero-order chi connectivity index (χ0) is 32.8. The fourth-order valence-electron chi connectivity index (χ4n) is 5.94. The Morgan fingerprint density at radius 3 is 2.28 bits per heavy atom. The SMILES string of the molecule is Nc1ncnc2c1c(-c1ccc(Oc3c(F)c(F)cc(F)c3F)cc1F)nn2C1CCC(N2C(=O)CS/C2=N\c2ccccc2)CC1. The van der Waals surface area contributed by atoms with Crippen LogP contribution in [0.25, 0.3) is 22.3 Å². The lowest BCUT2D eigenvalue weighted by Gasteiger charge is -2.34. The van der Waals surface area contributed by atoms with Gasteiger partial charge in [-0.15, -0.1) is 0 Å². The average molecular weight is 666 g/mol. The van der Waals surface area contributed by atoms with E-state index in [9.17, 15) is 22.4 Å². The van der Waals surface area contributed by atoms with Gasteiger partial charge in [0.05, 0.1) is 22.9 Å². The molecule has 2 aromatic heterocycles. The Kier molecular flexibility index (Phi) is 7.99. The molecule has 5 aromatic rings. The minimum atomic E-state index is -1.76. The van der Waals surface area contributed by atoms with Crippen LogP contribution in [0.5, 0.6) is 11.5 Å². The number of fused-ring (bicyclic) bond motifs is 1. The summed E-state index contributed by atoms with van der Waals surface area (Å²) in [4.78, 5) is 27.8. The lowest BCUT2D eigenvalue weighted by atomic mass is 9.90. The fraction of sp³-hybridized carbons (Fsp3) is 0.219. The van der Waals surface area contributed by atoms with Gasteiger partial charge in [-0.05, 0) is 49.9 Å². The number of nitrogen functional groups attached to an aromatic ring is 1. The first-order valence-corrected chi connectivity index (χ1v) is 15.6. The second-order valence-electron chi connectivity index (χ2n) is 11.0. The van der Waals surface area contributed by atoms with E-state index in [-0.39, 0.29) is 41.1 Å². The van der Waals surface area contributed by atoms with Crippen molar-refractivity contribution < 1.29 is 31.5 Å². The molecule has 0 spiro atoms.